The lowest BCUT2D eigenvalue weighted by Gasteiger charge is -2.14. The predicted octanol–water partition coefficient (Wildman–Crippen LogP) is 3.88. The van der Waals surface area contributed by atoms with Gasteiger partial charge in [0, 0.05) is 0 Å². The summed E-state index contributed by atoms with van der Waals surface area (Å²) in [7, 11) is 1.55. The van der Waals surface area contributed by atoms with Crippen LogP contribution in [0.25, 0.3) is 6.08 Å². The molecule has 1 N–H and O–H groups in total. The van der Waals surface area contributed by atoms with E-state index in [-0.39, 0.29) is 22.6 Å². The fraction of sp³-hybridized carbons (Fsp3) is 0.200. The first-order valence-corrected chi connectivity index (χ1v) is 8.78. The van der Waals surface area contributed by atoms with E-state index in [4.69, 9.17) is 21.7 Å². The Morgan fingerprint density at radius 1 is 1.19 bits per heavy atom. The first-order chi connectivity index (χ1) is 12.9. The van der Waals surface area contributed by atoms with Gasteiger partial charge in [0.25, 0.3) is 5.91 Å². The van der Waals surface area contributed by atoms with E-state index < -0.39 is 11.7 Å². The molecule has 5 nitrogen and oxygen atoms in total. The molecular weight excluding hydrogens is 367 g/mol. The number of rotatable bonds is 5. The maximum atomic E-state index is 14.1. The molecular formula is C20H19FN2O3S. The van der Waals surface area contributed by atoms with Crippen molar-refractivity contribution in [3.63, 3.8) is 0 Å². The Morgan fingerprint density at radius 2 is 1.93 bits per heavy atom. The number of para-hydroxylation sites is 1. The van der Waals surface area contributed by atoms with Gasteiger partial charge in [0.15, 0.2) is 16.6 Å². The van der Waals surface area contributed by atoms with E-state index in [0.29, 0.717) is 11.5 Å². The van der Waals surface area contributed by atoms with Gasteiger partial charge in [-0.15, -0.1) is 0 Å². The summed E-state index contributed by atoms with van der Waals surface area (Å²) in [5, 5.41) is 2.97. The van der Waals surface area contributed by atoms with Crippen LogP contribution in [0.5, 0.6) is 11.5 Å². The van der Waals surface area contributed by atoms with Gasteiger partial charge in [0.1, 0.15) is 11.5 Å². The number of benzene rings is 2. The second-order valence-electron chi connectivity index (χ2n) is 6.16. The molecule has 7 heteroatoms. The van der Waals surface area contributed by atoms with Crippen LogP contribution in [0.15, 0.2) is 48.2 Å². The molecule has 0 unspecified atom stereocenters. The number of carbonyl (C=O) groups excluding carboxylic acids is 1. The van der Waals surface area contributed by atoms with Gasteiger partial charge < -0.3 is 14.8 Å². The lowest BCUT2D eigenvalue weighted by molar-refractivity contribution is -0.113. The fourth-order valence-corrected chi connectivity index (χ4v) is 2.97. The number of hydrogen-bond donors (Lipinski definition) is 1. The lowest BCUT2D eigenvalue weighted by atomic mass is 10.1. The summed E-state index contributed by atoms with van der Waals surface area (Å²) in [6.07, 6.45) is 1.64. The van der Waals surface area contributed by atoms with Gasteiger partial charge in [0.05, 0.1) is 18.9 Å². The van der Waals surface area contributed by atoms with Crippen LogP contribution < -0.4 is 19.7 Å². The molecule has 1 saturated heterocycles. The number of nitrogens with one attached hydrogen (secondary N) is 1. The van der Waals surface area contributed by atoms with Crippen molar-refractivity contribution in [3.05, 3.63) is 59.5 Å². The Bertz CT molecular complexity index is 927. The molecule has 0 bridgehead atoms. The molecule has 1 amide bonds. The molecule has 0 atom stereocenters. The normalized spacial score (nSPS) is 15.4. The van der Waals surface area contributed by atoms with Crippen LogP contribution in [0.4, 0.5) is 10.1 Å². The Hall–Kier alpha value is -2.93. The van der Waals surface area contributed by atoms with E-state index in [1.54, 1.807) is 43.5 Å². The second-order valence-corrected chi connectivity index (χ2v) is 6.54. The molecule has 1 aliphatic heterocycles. The number of hydrogen-bond acceptors (Lipinski definition) is 4. The summed E-state index contributed by atoms with van der Waals surface area (Å²) in [5.74, 6) is 0.223. The van der Waals surface area contributed by atoms with Crippen molar-refractivity contribution in [1.29, 1.82) is 0 Å². The Kier molecular flexibility index (Phi) is 5.41. The van der Waals surface area contributed by atoms with Crippen LogP contribution in [-0.4, -0.2) is 24.2 Å². The Morgan fingerprint density at radius 3 is 2.59 bits per heavy atom. The molecule has 1 fully saturated rings. The van der Waals surface area contributed by atoms with Gasteiger partial charge in [-0.2, -0.15) is 0 Å². The summed E-state index contributed by atoms with van der Waals surface area (Å²) < 4.78 is 25.1. The van der Waals surface area contributed by atoms with Crippen molar-refractivity contribution in [2.24, 2.45) is 0 Å². The lowest BCUT2D eigenvalue weighted by Crippen LogP contribution is -2.31. The first-order valence-electron chi connectivity index (χ1n) is 8.37. The van der Waals surface area contributed by atoms with Crippen LogP contribution in [0.2, 0.25) is 0 Å². The van der Waals surface area contributed by atoms with Crippen molar-refractivity contribution in [3.8, 4) is 11.5 Å². The quantitative estimate of drug-likeness (QED) is 0.624. The van der Waals surface area contributed by atoms with Crippen molar-refractivity contribution in [2.75, 3.05) is 12.0 Å². The van der Waals surface area contributed by atoms with Crippen molar-refractivity contribution >= 4 is 35.0 Å². The summed E-state index contributed by atoms with van der Waals surface area (Å²) in [4.78, 5) is 13.9. The number of methoxy groups -OCH3 is 1. The SMILES string of the molecule is COc1cc(/C=C2\NC(=S)N(c3ccccc3F)C2=O)ccc1OC(C)C. The number of halogens is 1. The van der Waals surface area contributed by atoms with Gasteiger partial charge in [0.2, 0.25) is 0 Å². The third-order valence-corrected chi connectivity index (χ3v) is 4.12. The van der Waals surface area contributed by atoms with E-state index in [1.165, 1.54) is 12.1 Å². The summed E-state index contributed by atoms with van der Waals surface area (Å²) in [5.41, 5.74) is 1.08. The number of ether oxygens (including phenoxy) is 2. The number of carbonyl (C=O) groups is 1. The molecule has 0 spiro atoms. The number of thiocarbonyl (C=S) groups is 1. The highest BCUT2D eigenvalue weighted by Gasteiger charge is 2.33. The Labute approximate surface area is 162 Å². The summed E-state index contributed by atoms with van der Waals surface area (Å²) >= 11 is 5.21. The highest BCUT2D eigenvalue weighted by molar-refractivity contribution is 7.80. The molecule has 0 aliphatic carbocycles. The topological polar surface area (TPSA) is 50.8 Å². The molecule has 3 rings (SSSR count). The van der Waals surface area contributed by atoms with Crippen LogP contribution in [-0.2, 0) is 4.79 Å². The van der Waals surface area contributed by atoms with Crippen molar-refractivity contribution in [1.82, 2.24) is 5.32 Å². The molecule has 0 aromatic heterocycles. The minimum Gasteiger partial charge on any atom is -0.493 e. The third-order valence-electron chi connectivity index (χ3n) is 3.83. The summed E-state index contributed by atoms with van der Waals surface area (Å²) in [6.45, 7) is 3.85. The van der Waals surface area contributed by atoms with Crippen LogP contribution in [0, 0.1) is 5.82 Å². The number of nitrogens with zero attached hydrogens (tertiary/aromatic N) is 1. The zero-order chi connectivity index (χ0) is 19.6. The second kappa shape index (κ2) is 7.75. The minimum atomic E-state index is -0.520. The maximum absolute atomic E-state index is 14.1. The average Bonchev–Trinajstić information content (AvgIpc) is 2.90. The smallest absolute Gasteiger partial charge is 0.281 e. The maximum Gasteiger partial charge on any atom is 0.281 e. The van der Waals surface area contributed by atoms with E-state index in [1.807, 2.05) is 13.8 Å². The van der Waals surface area contributed by atoms with Crippen molar-refractivity contribution < 1.29 is 18.7 Å². The summed E-state index contributed by atoms with van der Waals surface area (Å²) in [6, 6.07) is 11.3. The molecule has 27 heavy (non-hydrogen) atoms. The molecule has 2 aromatic carbocycles. The van der Waals surface area contributed by atoms with Gasteiger partial charge in [-0.3, -0.25) is 4.79 Å². The number of amides is 1. The van der Waals surface area contributed by atoms with Crippen LogP contribution in [0.3, 0.4) is 0 Å². The average molecular weight is 386 g/mol. The highest BCUT2D eigenvalue weighted by Crippen LogP contribution is 2.31. The minimum absolute atomic E-state index is 0.00730. The molecule has 1 aliphatic rings. The molecule has 140 valence electrons. The zero-order valence-corrected chi connectivity index (χ0v) is 16.0. The van der Waals surface area contributed by atoms with E-state index in [2.05, 4.69) is 5.32 Å². The zero-order valence-electron chi connectivity index (χ0n) is 15.2. The molecule has 0 radical (unpaired) electrons. The highest BCUT2D eigenvalue weighted by atomic mass is 32.1. The van der Waals surface area contributed by atoms with Crippen molar-refractivity contribution in [2.45, 2.75) is 20.0 Å². The van der Waals surface area contributed by atoms with Gasteiger partial charge in [-0.25, -0.2) is 9.29 Å². The molecule has 1 heterocycles. The molecule has 2 aromatic rings. The predicted molar refractivity (Wildman–Crippen MR) is 106 cm³/mol. The molecule has 0 saturated carbocycles. The monoisotopic (exact) mass is 386 g/mol. The largest absolute Gasteiger partial charge is 0.493 e. The van der Waals surface area contributed by atoms with Gasteiger partial charge in [-0.05, 0) is 62.0 Å². The standard InChI is InChI=1S/C20H19FN2O3S/c1-12(2)26-17-9-8-13(11-18(17)25-3)10-15-19(24)23(20(27)22-15)16-7-5-4-6-14(16)21/h4-12H,1-3H3,(H,22,27)/b15-10-. The van der Waals surface area contributed by atoms with E-state index >= 15 is 0 Å². The van der Waals surface area contributed by atoms with Gasteiger partial charge in [-0.1, -0.05) is 18.2 Å². The van der Waals surface area contributed by atoms with E-state index in [0.717, 1.165) is 10.5 Å². The first kappa shape index (κ1) is 18.8. The van der Waals surface area contributed by atoms with E-state index in [9.17, 15) is 9.18 Å². The Balaban J connectivity index is 1.91. The van der Waals surface area contributed by atoms with Gasteiger partial charge >= 0.3 is 0 Å². The fourth-order valence-electron chi connectivity index (χ4n) is 2.68. The third kappa shape index (κ3) is 3.93. The van der Waals surface area contributed by atoms with Crippen LogP contribution >= 0.6 is 12.2 Å². The number of anilines is 1. The van der Waals surface area contributed by atoms with Crippen LogP contribution in [0.1, 0.15) is 19.4 Å².